The van der Waals surface area contributed by atoms with Crippen molar-refractivity contribution < 1.29 is 19.5 Å². The number of nitrogens with one attached hydrogen (secondary N) is 1. The molecular weight excluding hydrogens is 379 g/mol. The second-order valence-electron chi connectivity index (χ2n) is 4.60. The van der Waals surface area contributed by atoms with Gasteiger partial charge in [-0.2, -0.15) is 0 Å². The van der Waals surface area contributed by atoms with E-state index in [1.165, 1.54) is 10.6 Å². The number of hydrogen-bond acceptors (Lipinski definition) is 6. The molecule has 0 fully saturated rings. The van der Waals surface area contributed by atoms with E-state index in [4.69, 9.17) is 0 Å². The lowest BCUT2D eigenvalue weighted by atomic mass is 10.2. The van der Waals surface area contributed by atoms with Gasteiger partial charge < -0.3 is 19.3 Å². The van der Waals surface area contributed by atoms with E-state index < -0.39 is 19.4 Å². The molecule has 3 rings (SSSR count). The summed E-state index contributed by atoms with van der Waals surface area (Å²) >= 11 is 3.28. The van der Waals surface area contributed by atoms with E-state index in [0.29, 0.717) is 5.65 Å². The van der Waals surface area contributed by atoms with Crippen LogP contribution in [0, 0.1) is 0 Å². The molecule has 116 valence electrons. The average molecular weight is 389 g/mol. The first-order valence-corrected chi connectivity index (χ1v) is 8.35. The van der Waals surface area contributed by atoms with Gasteiger partial charge in [0.15, 0.2) is 5.82 Å². The van der Waals surface area contributed by atoms with Gasteiger partial charge in [-0.15, -0.1) is 5.10 Å². The summed E-state index contributed by atoms with van der Waals surface area (Å²) in [6, 6.07) is 3.31. The van der Waals surface area contributed by atoms with Gasteiger partial charge in [-0.3, -0.25) is 4.57 Å². The lowest BCUT2D eigenvalue weighted by Crippen LogP contribution is -2.30. The van der Waals surface area contributed by atoms with Crippen LogP contribution in [0.2, 0.25) is 0 Å². The fourth-order valence-electron chi connectivity index (χ4n) is 2.08. The quantitative estimate of drug-likeness (QED) is 0.462. The molecule has 0 aliphatic carbocycles. The summed E-state index contributed by atoms with van der Waals surface area (Å²) in [5.41, 5.74) is 0.367. The van der Waals surface area contributed by atoms with Crippen molar-refractivity contribution in [3.63, 3.8) is 0 Å². The van der Waals surface area contributed by atoms with Crippen molar-refractivity contribution in [2.75, 3.05) is 0 Å². The van der Waals surface area contributed by atoms with Crippen LogP contribution in [0.1, 0.15) is 11.5 Å². The molecule has 1 atom stereocenters. The molecule has 0 aliphatic rings. The van der Waals surface area contributed by atoms with Crippen LogP contribution in [0.4, 0.5) is 0 Å². The molecule has 10 nitrogen and oxygen atoms in total. The Morgan fingerprint density at radius 2 is 2.23 bits per heavy atom. The van der Waals surface area contributed by atoms with Crippen LogP contribution < -0.4 is 0 Å². The number of nitrogens with zero attached hydrogens (tertiary/aromatic N) is 5. The molecule has 0 aromatic carbocycles. The van der Waals surface area contributed by atoms with E-state index in [2.05, 4.69) is 41.5 Å². The van der Waals surface area contributed by atoms with Crippen LogP contribution in [0.5, 0.6) is 0 Å². The van der Waals surface area contributed by atoms with Crippen LogP contribution in [0.15, 0.2) is 29.0 Å². The second kappa shape index (κ2) is 5.21. The third-order valence-electron chi connectivity index (χ3n) is 3.17. The van der Waals surface area contributed by atoms with Gasteiger partial charge in [-0.05, 0) is 22.6 Å². The normalized spacial score (nSPS) is 15.1. The number of halogens is 1. The van der Waals surface area contributed by atoms with Crippen LogP contribution in [0.3, 0.4) is 0 Å². The van der Waals surface area contributed by atoms with Crippen molar-refractivity contribution in [3.8, 4) is 0 Å². The first-order chi connectivity index (χ1) is 10.3. The molecule has 4 N–H and O–H groups in total. The largest absolute Gasteiger partial charge is 0.372 e. The van der Waals surface area contributed by atoms with Gasteiger partial charge in [-0.25, -0.2) is 10.1 Å². The Bertz CT molecular complexity index is 862. The lowest BCUT2D eigenvalue weighted by Gasteiger charge is -2.27. The smallest absolute Gasteiger partial charge is 0.363 e. The van der Waals surface area contributed by atoms with Gasteiger partial charge in [0.05, 0.1) is 18.3 Å². The fraction of sp³-hybridized carbons (Fsp3) is 0.200. The predicted molar refractivity (Wildman–Crippen MR) is 76.7 cm³/mol. The highest BCUT2D eigenvalue weighted by atomic mass is 79.9. The van der Waals surface area contributed by atoms with E-state index in [1.54, 1.807) is 18.3 Å². The molecule has 3 aromatic heterocycles. The Kier molecular flexibility index (Phi) is 3.62. The molecule has 12 heteroatoms. The van der Waals surface area contributed by atoms with Crippen molar-refractivity contribution in [1.29, 1.82) is 0 Å². The van der Waals surface area contributed by atoms with Gasteiger partial charge in [0.25, 0.3) is 0 Å². The summed E-state index contributed by atoms with van der Waals surface area (Å²) in [7, 11) is -4.97. The molecule has 0 radical (unpaired) electrons. The molecule has 0 saturated heterocycles. The molecule has 22 heavy (non-hydrogen) atoms. The number of imidazole rings is 1. The maximum atomic E-state index is 11.9. The summed E-state index contributed by atoms with van der Waals surface area (Å²) in [6.07, 6.45) is 2.26. The third kappa shape index (κ3) is 2.46. The van der Waals surface area contributed by atoms with Crippen molar-refractivity contribution >= 4 is 29.2 Å². The minimum atomic E-state index is -4.97. The minimum Gasteiger partial charge on any atom is -0.372 e. The first kappa shape index (κ1) is 15.3. The van der Waals surface area contributed by atoms with Gasteiger partial charge >= 0.3 is 7.60 Å². The number of tetrazole rings is 1. The second-order valence-corrected chi connectivity index (χ2v) is 7.35. The van der Waals surface area contributed by atoms with Crippen molar-refractivity contribution in [1.82, 2.24) is 30.0 Å². The molecule has 3 heterocycles. The Labute approximate surface area is 131 Å². The van der Waals surface area contributed by atoms with Crippen molar-refractivity contribution in [2.45, 2.75) is 11.8 Å². The number of aliphatic hydroxyl groups is 1. The molecule has 0 spiro atoms. The minimum absolute atomic E-state index is 0.0397. The summed E-state index contributed by atoms with van der Waals surface area (Å²) in [5, 5.41) is 20.8. The number of H-pyrrole nitrogens is 1. The summed E-state index contributed by atoms with van der Waals surface area (Å²) in [4.78, 5) is 23.4. The van der Waals surface area contributed by atoms with E-state index >= 15 is 0 Å². The fourth-order valence-corrected chi connectivity index (χ4v) is 3.22. The number of hydrogen-bond donors (Lipinski definition) is 4. The average Bonchev–Trinajstić information content (AvgIpc) is 3.05. The van der Waals surface area contributed by atoms with Crippen LogP contribution in [-0.4, -0.2) is 44.9 Å². The highest BCUT2D eigenvalue weighted by Gasteiger charge is 2.50. The summed E-state index contributed by atoms with van der Waals surface area (Å²) in [6.45, 7) is 0. The maximum absolute atomic E-state index is 11.9. The van der Waals surface area contributed by atoms with E-state index in [1.807, 2.05) is 0 Å². The third-order valence-corrected chi connectivity index (χ3v) is 5.01. The first-order valence-electron chi connectivity index (χ1n) is 5.95. The van der Waals surface area contributed by atoms with Crippen LogP contribution in [-0.2, 0) is 16.3 Å². The number of aromatic amines is 1. The standard InChI is InChI=1S/C10H10BrN6O4P/c11-6-1-2-17-7(5-12-9(17)3-6)10(18,22(19,20)21)4-8-13-15-16-14-8/h1-3,5,18H,4H2,(H2,19,20,21)(H,13,14,15,16). The molecular formula is C10H10BrN6O4P. The predicted octanol–water partition coefficient (Wildman–Crippen LogP) is 0.175. The zero-order valence-corrected chi connectivity index (χ0v) is 13.3. The molecule has 0 bridgehead atoms. The van der Waals surface area contributed by atoms with Gasteiger partial charge in [0.2, 0.25) is 5.34 Å². The Balaban J connectivity index is 2.18. The Morgan fingerprint density at radius 3 is 2.86 bits per heavy atom. The van der Waals surface area contributed by atoms with Crippen LogP contribution in [0.25, 0.3) is 5.65 Å². The number of rotatable bonds is 4. The molecule has 0 saturated carbocycles. The maximum Gasteiger partial charge on any atom is 0.363 e. The molecule has 1 unspecified atom stereocenters. The van der Waals surface area contributed by atoms with Gasteiger partial charge in [0.1, 0.15) is 5.65 Å². The topological polar surface area (TPSA) is 150 Å². The van der Waals surface area contributed by atoms with E-state index in [0.717, 1.165) is 4.47 Å². The molecule has 0 aliphatic heterocycles. The Hall–Kier alpha value is -1.65. The summed E-state index contributed by atoms with van der Waals surface area (Å²) in [5.74, 6) is 0.0397. The highest BCUT2D eigenvalue weighted by Crippen LogP contribution is 2.56. The monoisotopic (exact) mass is 388 g/mol. The zero-order valence-electron chi connectivity index (χ0n) is 10.8. The Morgan fingerprint density at radius 1 is 1.45 bits per heavy atom. The van der Waals surface area contributed by atoms with Gasteiger partial charge in [0, 0.05) is 10.7 Å². The van der Waals surface area contributed by atoms with Crippen molar-refractivity contribution in [3.05, 3.63) is 40.5 Å². The number of fused-ring (bicyclic) bond motifs is 1. The highest BCUT2D eigenvalue weighted by molar-refractivity contribution is 9.10. The molecule has 0 amide bonds. The van der Waals surface area contributed by atoms with E-state index in [9.17, 15) is 19.5 Å². The number of pyridine rings is 1. The van der Waals surface area contributed by atoms with Crippen LogP contribution >= 0.6 is 23.5 Å². The van der Waals surface area contributed by atoms with E-state index in [-0.39, 0.29) is 11.5 Å². The number of aromatic nitrogens is 6. The zero-order chi connectivity index (χ0) is 16.0. The SMILES string of the molecule is O=P(O)(O)C(O)(Cc1nnn[nH]1)c1cnc2cc(Br)ccn12. The molecule has 3 aromatic rings. The lowest BCUT2D eigenvalue weighted by molar-refractivity contribution is 0.0827. The van der Waals surface area contributed by atoms with Crippen molar-refractivity contribution in [2.24, 2.45) is 0 Å². The van der Waals surface area contributed by atoms with Gasteiger partial charge in [-0.1, -0.05) is 15.9 Å². The summed E-state index contributed by atoms with van der Waals surface area (Å²) < 4.78 is 14.0.